The molecule has 0 unspecified atom stereocenters. The van der Waals surface area contributed by atoms with Crippen LogP contribution in [0.15, 0.2) is 64.9 Å². The summed E-state index contributed by atoms with van der Waals surface area (Å²) in [5, 5.41) is 2.95. The molecule has 178 valence electrons. The molecule has 0 atom stereocenters. The lowest BCUT2D eigenvalue weighted by atomic mass is 10.1. The minimum absolute atomic E-state index is 0.206. The van der Waals surface area contributed by atoms with Crippen molar-refractivity contribution in [1.29, 1.82) is 0 Å². The highest BCUT2D eigenvalue weighted by molar-refractivity contribution is 7.91. The molecule has 7 nitrogen and oxygen atoms in total. The topological polar surface area (TPSA) is 79.0 Å². The number of amides is 1. The summed E-state index contributed by atoms with van der Waals surface area (Å²) in [6.45, 7) is 4.34. The van der Waals surface area contributed by atoms with E-state index in [4.69, 9.17) is 4.74 Å². The van der Waals surface area contributed by atoms with Gasteiger partial charge in [0.05, 0.1) is 13.2 Å². The molecule has 5 rings (SSSR count). The molecule has 2 aromatic carbocycles. The Labute approximate surface area is 204 Å². The standard InChI is InChI=1S/C25H27N3O4S2/c29-25(26-21-6-8-22(9-7-21)27-14-16-32-17-15-27)20-5-3-4-19(18-20)23-10-11-24(33-23)34(30,31)28-12-1-2-13-28/h3-11,18H,1-2,12-17H2,(H,26,29). The molecule has 1 N–H and O–H groups in total. The Morgan fingerprint density at radius 3 is 2.38 bits per heavy atom. The zero-order chi connectivity index (χ0) is 23.5. The molecule has 2 saturated heterocycles. The van der Waals surface area contributed by atoms with Crippen LogP contribution >= 0.6 is 11.3 Å². The van der Waals surface area contributed by atoms with Gasteiger partial charge in [0.1, 0.15) is 4.21 Å². The molecule has 0 bridgehead atoms. The van der Waals surface area contributed by atoms with Crippen molar-refractivity contribution in [3.05, 3.63) is 66.2 Å². The molecule has 3 aromatic rings. The number of nitrogens with one attached hydrogen (secondary N) is 1. The van der Waals surface area contributed by atoms with Crippen LogP contribution in [0.3, 0.4) is 0 Å². The molecule has 0 saturated carbocycles. The van der Waals surface area contributed by atoms with Gasteiger partial charge in [0, 0.05) is 48.0 Å². The SMILES string of the molecule is O=C(Nc1ccc(N2CCOCC2)cc1)c1cccc(-c2ccc(S(=O)(=O)N3CCCC3)s2)c1. The predicted molar refractivity (Wildman–Crippen MR) is 135 cm³/mol. The fraction of sp³-hybridized carbons (Fsp3) is 0.320. The second-order valence-electron chi connectivity index (χ2n) is 8.41. The lowest BCUT2D eigenvalue weighted by Crippen LogP contribution is -2.36. The monoisotopic (exact) mass is 497 g/mol. The Morgan fingerprint density at radius 1 is 0.912 bits per heavy atom. The van der Waals surface area contributed by atoms with E-state index < -0.39 is 10.0 Å². The summed E-state index contributed by atoms with van der Waals surface area (Å²) in [7, 11) is -3.44. The van der Waals surface area contributed by atoms with Crippen molar-refractivity contribution in [1.82, 2.24) is 4.31 Å². The first-order valence-electron chi connectivity index (χ1n) is 11.5. The van der Waals surface area contributed by atoms with Crippen LogP contribution in [0.5, 0.6) is 0 Å². The summed E-state index contributed by atoms with van der Waals surface area (Å²) in [6, 6.07) is 18.6. The number of anilines is 2. The number of carbonyl (C=O) groups is 1. The molecule has 2 fully saturated rings. The van der Waals surface area contributed by atoms with Crippen molar-refractivity contribution in [3.63, 3.8) is 0 Å². The first-order valence-corrected chi connectivity index (χ1v) is 13.7. The van der Waals surface area contributed by atoms with Crippen molar-refractivity contribution in [3.8, 4) is 10.4 Å². The van der Waals surface area contributed by atoms with Gasteiger partial charge in [-0.15, -0.1) is 11.3 Å². The molecule has 3 heterocycles. The highest BCUT2D eigenvalue weighted by Gasteiger charge is 2.28. The molecule has 0 radical (unpaired) electrons. The third-order valence-corrected chi connectivity index (χ3v) is 9.65. The molecule has 0 spiro atoms. The Bertz CT molecular complexity index is 1260. The van der Waals surface area contributed by atoms with E-state index in [-0.39, 0.29) is 5.91 Å². The fourth-order valence-electron chi connectivity index (χ4n) is 4.26. The van der Waals surface area contributed by atoms with Crippen LogP contribution in [0.1, 0.15) is 23.2 Å². The predicted octanol–water partition coefficient (Wildman–Crippen LogP) is 4.29. The minimum atomic E-state index is -3.44. The average Bonchev–Trinajstić information content (AvgIpc) is 3.59. The van der Waals surface area contributed by atoms with Crippen molar-refractivity contribution in [2.75, 3.05) is 49.6 Å². The lowest BCUT2D eigenvalue weighted by Gasteiger charge is -2.28. The molecule has 9 heteroatoms. The van der Waals surface area contributed by atoms with Gasteiger partial charge >= 0.3 is 0 Å². The van der Waals surface area contributed by atoms with Crippen molar-refractivity contribution in [2.24, 2.45) is 0 Å². The van der Waals surface area contributed by atoms with E-state index in [1.807, 2.05) is 42.5 Å². The summed E-state index contributed by atoms with van der Waals surface area (Å²) < 4.78 is 33.0. The average molecular weight is 498 g/mol. The smallest absolute Gasteiger partial charge is 0.255 e. The first-order chi connectivity index (χ1) is 16.5. The zero-order valence-electron chi connectivity index (χ0n) is 18.8. The molecule has 1 amide bonds. The van der Waals surface area contributed by atoms with Crippen molar-refractivity contribution in [2.45, 2.75) is 17.1 Å². The number of thiophene rings is 1. The third kappa shape index (κ3) is 4.88. The Hall–Kier alpha value is -2.72. The van der Waals surface area contributed by atoms with Gasteiger partial charge in [-0.1, -0.05) is 12.1 Å². The van der Waals surface area contributed by atoms with Crippen LogP contribution in [0.25, 0.3) is 10.4 Å². The van der Waals surface area contributed by atoms with E-state index in [2.05, 4.69) is 10.2 Å². The quantitative estimate of drug-likeness (QED) is 0.550. The Morgan fingerprint density at radius 2 is 1.65 bits per heavy atom. The van der Waals surface area contributed by atoms with Gasteiger partial charge < -0.3 is 15.0 Å². The van der Waals surface area contributed by atoms with E-state index in [1.165, 1.54) is 11.3 Å². The van der Waals surface area contributed by atoms with Gasteiger partial charge in [-0.05, 0) is 66.9 Å². The van der Waals surface area contributed by atoms with Gasteiger partial charge in [-0.3, -0.25) is 4.79 Å². The molecule has 2 aliphatic heterocycles. The number of ether oxygens (including phenoxy) is 1. The number of nitrogens with zero attached hydrogens (tertiary/aromatic N) is 2. The van der Waals surface area contributed by atoms with E-state index >= 15 is 0 Å². The van der Waals surface area contributed by atoms with E-state index in [1.54, 1.807) is 22.5 Å². The van der Waals surface area contributed by atoms with Gasteiger partial charge in [0.2, 0.25) is 0 Å². The van der Waals surface area contributed by atoms with Crippen LogP contribution in [0, 0.1) is 0 Å². The zero-order valence-corrected chi connectivity index (χ0v) is 20.4. The Kier molecular flexibility index (Phi) is 6.69. The van der Waals surface area contributed by atoms with Gasteiger partial charge in [0.15, 0.2) is 0 Å². The summed E-state index contributed by atoms with van der Waals surface area (Å²) in [6.07, 6.45) is 1.81. The maximum Gasteiger partial charge on any atom is 0.255 e. The van der Waals surface area contributed by atoms with Gasteiger partial charge in [-0.25, -0.2) is 8.42 Å². The fourth-order valence-corrected chi connectivity index (χ4v) is 7.24. The molecular formula is C25H27N3O4S2. The number of sulfonamides is 1. The second kappa shape index (κ2) is 9.87. The molecule has 34 heavy (non-hydrogen) atoms. The number of hydrogen-bond acceptors (Lipinski definition) is 6. The van der Waals surface area contributed by atoms with Crippen molar-refractivity contribution >= 4 is 38.6 Å². The van der Waals surface area contributed by atoms with Crippen LogP contribution < -0.4 is 10.2 Å². The van der Waals surface area contributed by atoms with E-state index in [9.17, 15) is 13.2 Å². The summed E-state index contributed by atoms with van der Waals surface area (Å²) in [4.78, 5) is 16.0. The number of benzene rings is 2. The summed E-state index contributed by atoms with van der Waals surface area (Å²) in [5.41, 5.74) is 3.18. The number of hydrogen-bond donors (Lipinski definition) is 1. The number of carbonyl (C=O) groups excluding carboxylic acids is 1. The van der Waals surface area contributed by atoms with E-state index in [0.29, 0.717) is 22.9 Å². The first kappa shape index (κ1) is 23.0. The third-order valence-electron chi connectivity index (χ3n) is 6.15. The van der Waals surface area contributed by atoms with Crippen LogP contribution in [0.2, 0.25) is 0 Å². The number of morpholine rings is 1. The largest absolute Gasteiger partial charge is 0.378 e. The number of rotatable bonds is 6. The normalized spacial score (nSPS) is 17.1. The lowest BCUT2D eigenvalue weighted by molar-refractivity contribution is 0.102. The van der Waals surface area contributed by atoms with Crippen molar-refractivity contribution < 1.29 is 17.9 Å². The molecule has 0 aliphatic carbocycles. The minimum Gasteiger partial charge on any atom is -0.378 e. The van der Waals surface area contributed by atoms with Gasteiger partial charge in [-0.2, -0.15) is 4.31 Å². The maximum atomic E-state index is 12.9. The maximum absolute atomic E-state index is 12.9. The molecular weight excluding hydrogens is 470 g/mol. The van der Waals surface area contributed by atoms with Crippen LogP contribution in [0.4, 0.5) is 11.4 Å². The molecule has 1 aromatic heterocycles. The highest BCUT2D eigenvalue weighted by atomic mass is 32.2. The van der Waals surface area contributed by atoms with Crippen LogP contribution in [-0.2, 0) is 14.8 Å². The summed E-state index contributed by atoms with van der Waals surface area (Å²) in [5.74, 6) is -0.206. The molecule has 2 aliphatic rings. The summed E-state index contributed by atoms with van der Waals surface area (Å²) >= 11 is 1.24. The van der Waals surface area contributed by atoms with E-state index in [0.717, 1.165) is 61.0 Å². The second-order valence-corrected chi connectivity index (χ2v) is 11.7. The van der Waals surface area contributed by atoms with Crippen LogP contribution in [-0.4, -0.2) is 58.0 Å². The highest BCUT2D eigenvalue weighted by Crippen LogP contribution is 2.33. The Balaban J connectivity index is 1.28. The van der Waals surface area contributed by atoms with Gasteiger partial charge in [0.25, 0.3) is 15.9 Å².